The van der Waals surface area contributed by atoms with Crippen molar-refractivity contribution in [3.05, 3.63) is 47.1 Å². The molecule has 7 heteroatoms. The van der Waals surface area contributed by atoms with Crippen LogP contribution in [0.5, 0.6) is 0 Å². The van der Waals surface area contributed by atoms with Gasteiger partial charge in [0.05, 0.1) is 13.2 Å². The van der Waals surface area contributed by atoms with Gasteiger partial charge < -0.3 is 19.7 Å². The van der Waals surface area contributed by atoms with E-state index in [1.165, 1.54) is 5.56 Å². The molecule has 0 unspecified atom stereocenters. The minimum Gasteiger partial charge on any atom is -0.356 e. The van der Waals surface area contributed by atoms with Gasteiger partial charge in [0.15, 0.2) is 5.79 Å². The zero-order valence-corrected chi connectivity index (χ0v) is 15.4. The van der Waals surface area contributed by atoms with Crippen molar-refractivity contribution in [1.82, 2.24) is 9.97 Å². The molecule has 2 aliphatic rings. The highest BCUT2D eigenvalue weighted by Gasteiger charge is 2.40. The smallest absolute Gasteiger partial charge is 0.224 e. The van der Waals surface area contributed by atoms with Gasteiger partial charge in [-0.3, -0.25) is 0 Å². The fraction of sp³-hybridized carbons (Fsp3) is 0.474. The van der Waals surface area contributed by atoms with Crippen molar-refractivity contribution in [2.24, 2.45) is 0 Å². The molecule has 2 saturated heterocycles. The highest BCUT2D eigenvalue weighted by atomic mass is 35.5. The number of anilines is 2. The average molecular weight is 375 g/mol. The monoisotopic (exact) mass is 374 g/mol. The quantitative estimate of drug-likeness (QED) is 0.867. The molecule has 2 fully saturated rings. The van der Waals surface area contributed by atoms with Gasteiger partial charge in [-0.1, -0.05) is 23.7 Å². The third kappa shape index (κ3) is 4.09. The van der Waals surface area contributed by atoms with Crippen molar-refractivity contribution >= 4 is 23.4 Å². The number of hydrogen-bond donors (Lipinski definition) is 1. The van der Waals surface area contributed by atoms with Crippen molar-refractivity contribution in [2.75, 3.05) is 43.1 Å². The summed E-state index contributed by atoms with van der Waals surface area (Å²) in [5.41, 5.74) is 1.23. The first-order chi connectivity index (χ1) is 12.7. The van der Waals surface area contributed by atoms with Gasteiger partial charge >= 0.3 is 0 Å². The molecule has 1 aromatic carbocycles. The molecule has 0 bridgehead atoms. The fourth-order valence-electron chi connectivity index (χ4n) is 3.44. The first kappa shape index (κ1) is 17.5. The maximum atomic E-state index is 5.92. The van der Waals surface area contributed by atoms with Gasteiger partial charge in [-0.2, -0.15) is 4.98 Å². The van der Waals surface area contributed by atoms with E-state index in [2.05, 4.69) is 20.2 Å². The lowest BCUT2D eigenvalue weighted by Crippen LogP contribution is -2.45. The molecule has 1 N–H and O–H groups in total. The summed E-state index contributed by atoms with van der Waals surface area (Å²) in [6.45, 7) is 3.93. The van der Waals surface area contributed by atoms with Crippen LogP contribution in [0.2, 0.25) is 5.02 Å². The van der Waals surface area contributed by atoms with E-state index in [1.54, 1.807) is 6.20 Å². The largest absolute Gasteiger partial charge is 0.356 e. The van der Waals surface area contributed by atoms with Crippen molar-refractivity contribution in [3.63, 3.8) is 0 Å². The predicted octanol–water partition coefficient (Wildman–Crippen LogP) is 3.13. The number of nitrogens with zero attached hydrogens (tertiary/aromatic N) is 3. The van der Waals surface area contributed by atoms with Crippen LogP contribution in [-0.4, -0.2) is 48.6 Å². The van der Waals surface area contributed by atoms with E-state index in [0.29, 0.717) is 19.2 Å². The first-order valence-corrected chi connectivity index (χ1v) is 9.45. The second-order valence-corrected chi connectivity index (χ2v) is 7.07. The van der Waals surface area contributed by atoms with Gasteiger partial charge in [0.2, 0.25) is 5.95 Å². The topological polar surface area (TPSA) is 59.5 Å². The molecule has 26 heavy (non-hydrogen) atoms. The van der Waals surface area contributed by atoms with E-state index < -0.39 is 0 Å². The van der Waals surface area contributed by atoms with E-state index in [9.17, 15) is 0 Å². The Morgan fingerprint density at radius 2 is 1.81 bits per heavy atom. The predicted molar refractivity (Wildman–Crippen MR) is 102 cm³/mol. The summed E-state index contributed by atoms with van der Waals surface area (Å²) >= 11 is 5.92. The summed E-state index contributed by atoms with van der Waals surface area (Å²) in [5.74, 6) is 1.25. The number of halogens is 1. The summed E-state index contributed by atoms with van der Waals surface area (Å²) in [5, 5.41) is 4.06. The van der Waals surface area contributed by atoms with Crippen molar-refractivity contribution in [1.29, 1.82) is 0 Å². The molecule has 0 radical (unpaired) electrons. The lowest BCUT2D eigenvalue weighted by molar-refractivity contribution is -0.169. The number of nitrogens with one attached hydrogen (secondary N) is 1. The van der Waals surface area contributed by atoms with Crippen LogP contribution in [0.15, 0.2) is 36.5 Å². The summed E-state index contributed by atoms with van der Waals surface area (Å²) in [6, 6.07) is 9.86. The molecule has 4 rings (SSSR count). The van der Waals surface area contributed by atoms with Gasteiger partial charge in [0, 0.05) is 43.7 Å². The number of rotatable bonds is 5. The van der Waals surface area contributed by atoms with E-state index in [1.807, 2.05) is 30.3 Å². The Morgan fingerprint density at radius 1 is 1.08 bits per heavy atom. The van der Waals surface area contributed by atoms with Crippen LogP contribution in [0.4, 0.5) is 11.8 Å². The Bertz CT molecular complexity index is 725. The van der Waals surface area contributed by atoms with Crippen LogP contribution in [0.1, 0.15) is 18.4 Å². The molecule has 0 atom stereocenters. The number of piperidine rings is 1. The second-order valence-electron chi connectivity index (χ2n) is 6.64. The maximum absolute atomic E-state index is 5.92. The molecular weight excluding hydrogens is 352 g/mol. The molecule has 1 aromatic heterocycles. The molecule has 2 aromatic rings. The molecule has 138 valence electrons. The number of hydrogen-bond acceptors (Lipinski definition) is 6. The highest BCUT2D eigenvalue weighted by molar-refractivity contribution is 6.30. The highest BCUT2D eigenvalue weighted by Crippen LogP contribution is 2.32. The van der Waals surface area contributed by atoms with Crippen LogP contribution in [0.3, 0.4) is 0 Å². The van der Waals surface area contributed by atoms with Crippen LogP contribution in [0, 0.1) is 0 Å². The van der Waals surface area contributed by atoms with Crippen LogP contribution < -0.4 is 10.2 Å². The van der Waals surface area contributed by atoms with Crippen LogP contribution >= 0.6 is 11.6 Å². The standard InChI is InChI=1S/C19H23ClN4O2/c20-16-3-1-15(2-4-16)5-9-21-18-22-10-6-17(23-18)24-11-7-19(8-12-24)25-13-14-26-19/h1-4,6,10H,5,7-9,11-14H2,(H,21,22,23). The molecule has 1 spiro atoms. The number of benzene rings is 1. The van der Waals surface area contributed by atoms with Crippen molar-refractivity contribution in [3.8, 4) is 0 Å². The van der Waals surface area contributed by atoms with Gasteiger partial charge in [-0.05, 0) is 30.2 Å². The number of ether oxygens (including phenoxy) is 2. The SMILES string of the molecule is Clc1ccc(CCNc2nccc(N3CCC4(CC3)OCCO4)n2)cc1. The van der Waals surface area contributed by atoms with Crippen LogP contribution in [0.25, 0.3) is 0 Å². The Morgan fingerprint density at radius 3 is 2.54 bits per heavy atom. The lowest BCUT2D eigenvalue weighted by atomic mass is 10.0. The third-order valence-corrected chi connectivity index (χ3v) is 5.17. The molecule has 0 aliphatic carbocycles. The zero-order valence-electron chi connectivity index (χ0n) is 14.7. The molecule has 2 aliphatic heterocycles. The summed E-state index contributed by atoms with van der Waals surface area (Å²) in [6.07, 6.45) is 4.44. The lowest BCUT2D eigenvalue weighted by Gasteiger charge is -2.38. The Hall–Kier alpha value is -1.89. The molecule has 3 heterocycles. The Balaban J connectivity index is 1.31. The molecule has 0 amide bonds. The minimum atomic E-state index is -0.358. The van der Waals surface area contributed by atoms with Crippen LogP contribution in [-0.2, 0) is 15.9 Å². The van der Waals surface area contributed by atoms with E-state index >= 15 is 0 Å². The minimum absolute atomic E-state index is 0.358. The Labute approximate surface area is 158 Å². The number of aromatic nitrogens is 2. The van der Waals surface area contributed by atoms with Gasteiger partial charge in [-0.15, -0.1) is 0 Å². The second kappa shape index (κ2) is 7.78. The summed E-state index contributed by atoms with van der Waals surface area (Å²) in [7, 11) is 0. The van der Waals surface area contributed by atoms with Crippen molar-refractivity contribution in [2.45, 2.75) is 25.0 Å². The maximum Gasteiger partial charge on any atom is 0.224 e. The fourth-order valence-corrected chi connectivity index (χ4v) is 3.57. The Kier molecular flexibility index (Phi) is 5.24. The first-order valence-electron chi connectivity index (χ1n) is 9.07. The molecule has 0 saturated carbocycles. The zero-order chi connectivity index (χ0) is 17.8. The van der Waals surface area contributed by atoms with E-state index in [-0.39, 0.29) is 5.79 Å². The van der Waals surface area contributed by atoms with E-state index in [4.69, 9.17) is 21.1 Å². The third-order valence-electron chi connectivity index (χ3n) is 4.91. The van der Waals surface area contributed by atoms with Gasteiger partial charge in [0.25, 0.3) is 0 Å². The van der Waals surface area contributed by atoms with E-state index in [0.717, 1.165) is 49.7 Å². The summed E-state index contributed by atoms with van der Waals surface area (Å²) in [4.78, 5) is 11.3. The van der Waals surface area contributed by atoms with Gasteiger partial charge in [0.1, 0.15) is 5.82 Å². The summed E-state index contributed by atoms with van der Waals surface area (Å²) < 4.78 is 11.6. The molecular formula is C19H23ClN4O2. The van der Waals surface area contributed by atoms with Crippen molar-refractivity contribution < 1.29 is 9.47 Å². The van der Waals surface area contributed by atoms with Gasteiger partial charge in [-0.25, -0.2) is 4.98 Å². The molecule has 6 nitrogen and oxygen atoms in total. The normalized spacial score (nSPS) is 19.0. The average Bonchev–Trinajstić information content (AvgIpc) is 3.12.